The Kier molecular flexibility index (Phi) is 6.82. The predicted octanol–water partition coefficient (Wildman–Crippen LogP) is 2.94. The number of ether oxygens (including phenoxy) is 4. The van der Waals surface area contributed by atoms with Gasteiger partial charge >= 0.3 is 5.97 Å². The summed E-state index contributed by atoms with van der Waals surface area (Å²) in [4.78, 5) is 27.2. The molecule has 0 unspecified atom stereocenters. The number of hydrogen-bond acceptors (Lipinski definition) is 6. The summed E-state index contributed by atoms with van der Waals surface area (Å²) in [5, 5.41) is 0. The van der Waals surface area contributed by atoms with Crippen molar-refractivity contribution in [2.75, 3.05) is 35.0 Å². The normalized spacial score (nSPS) is 15.2. The van der Waals surface area contributed by atoms with E-state index in [2.05, 4.69) is 0 Å². The minimum Gasteiger partial charge on any atom is -0.496 e. The van der Waals surface area contributed by atoms with E-state index in [1.807, 2.05) is 36.4 Å². The van der Waals surface area contributed by atoms with Crippen LogP contribution in [0, 0.1) is 0 Å². The van der Waals surface area contributed by atoms with E-state index in [1.54, 1.807) is 26.2 Å². The number of hydrogen-bond donors (Lipinski definition) is 0. The van der Waals surface area contributed by atoms with Crippen LogP contribution in [0.25, 0.3) is 0 Å². The van der Waals surface area contributed by atoms with E-state index in [0.717, 1.165) is 16.7 Å². The number of carbonyl (C=O) groups excluding carboxylic acids is 2. The molecular formula is C23H27NO6. The summed E-state index contributed by atoms with van der Waals surface area (Å²) < 4.78 is 21.1. The van der Waals surface area contributed by atoms with Gasteiger partial charge in [0.2, 0.25) is 5.91 Å². The number of amides is 1. The summed E-state index contributed by atoms with van der Waals surface area (Å²) in [6.07, 6.45) is 0.909. The average Bonchev–Trinajstić information content (AvgIpc) is 2.78. The van der Waals surface area contributed by atoms with Crippen LogP contribution in [-0.2, 0) is 27.2 Å². The zero-order valence-corrected chi connectivity index (χ0v) is 17.8. The van der Waals surface area contributed by atoms with Gasteiger partial charge in [-0.15, -0.1) is 0 Å². The zero-order valence-electron chi connectivity index (χ0n) is 17.8. The van der Waals surface area contributed by atoms with Crippen molar-refractivity contribution in [2.45, 2.75) is 25.3 Å². The molecular weight excluding hydrogens is 386 g/mol. The van der Waals surface area contributed by atoms with E-state index < -0.39 is 6.04 Å². The summed E-state index contributed by atoms with van der Waals surface area (Å²) >= 11 is 0. The van der Waals surface area contributed by atoms with E-state index in [1.165, 1.54) is 7.11 Å². The number of fused-ring (bicyclic) bond motifs is 1. The molecule has 7 heteroatoms. The lowest BCUT2D eigenvalue weighted by Crippen LogP contribution is -2.42. The van der Waals surface area contributed by atoms with Gasteiger partial charge in [0.05, 0.1) is 47.3 Å². The van der Waals surface area contributed by atoms with Gasteiger partial charge in [-0.05, 0) is 35.7 Å². The Morgan fingerprint density at radius 3 is 2.30 bits per heavy atom. The molecule has 0 fully saturated rings. The molecule has 0 aromatic heterocycles. The van der Waals surface area contributed by atoms with Gasteiger partial charge in [0.15, 0.2) is 11.5 Å². The monoisotopic (exact) mass is 413 g/mol. The minimum absolute atomic E-state index is 0.0661. The summed E-state index contributed by atoms with van der Waals surface area (Å²) in [5.74, 6) is 1.40. The molecule has 3 rings (SSSR count). The second-order valence-electron chi connectivity index (χ2n) is 7.03. The first kappa shape index (κ1) is 21.5. The van der Waals surface area contributed by atoms with Crippen molar-refractivity contribution >= 4 is 11.9 Å². The van der Waals surface area contributed by atoms with Crippen molar-refractivity contribution in [3.05, 3.63) is 53.1 Å². The van der Waals surface area contributed by atoms with Crippen molar-refractivity contribution in [3.8, 4) is 17.2 Å². The summed E-state index contributed by atoms with van der Waals surface area (Å²) in [6, 6.07) is 10.8. The van der Waals surface area contributed by atoms with Crippen molar-refractivity contribution in [1.82, 2.24) is 4.90 Å². The largest absolute Gasteiger partial charge is 0.496 e. The van der Waals surface area contributed by atoms with Gasteiger partial charge < -0.3 is 23.8 Å². The highest BCUT2D eigenvalue weighted by atomic mass is 16.5. The fourth-order valence-electron chi connectivity index (χ4n) is 3.90. The number of rotatable bonds is 7. The van der Waals surface area contributed by atoms with E-state index in [4.69, 9.17) is 18.9 Å². The van der Waals surface area contributed by atoms with Gasteiger partial charge in [0, 0.05) is 12.1 Å². The van der Waals surface area contributed by atoms with Gasteiger partial charge in [-0.1, -0.05) is 18.2 Å². The molecule has 0 saturated carbocycles. The fraction of sp³-hybridized carbons (Fsp3) is 0.391. The molecule has 1 aliphatic heterocycles. The average molecular weight is 413 g/mol. The van der Waals surface area contributed by atoms with Gasteiger partial charge in [-0.3, -0.25) is 9.59 Å². The second kappa shape index (κ2) is 9.52. The molecule has 0 radical (unpaired) electrons. The second-order valence-corrected chi connectivity index (χ2v) is 7.03. The highest BCUT2D eigenvalue weighted by molar-refractivity contribution is 5.81. The maximum Gasteiger partial charge on any atom is 0.307 e. The molecule has 0 aliphatic carbocycles. The fourth-order valence-corrected chi connectivity index (χ4v) is 3.90. The molecule has 1 heterocycles. The SMILES string of the molecule is COC(=O)C[C@H]1c2cc(OC)c(OC)cc2CCN1C(=O)Cc1ccccc1OC. The third-order valence-electron chi connectivity index (χ3n) is 5.44. The van der Waals surface area contributed by atoms with Crippen molar-refractivity contribution in [3.63, 3.8) is 0 Å². The molecule has 0 N–H and O–H groups in total. The molecule has 0 saturated heterocycles. The lowest BCUT2D eigenvalue weighted by molar-refractivity contribution is -0.144. The molecule has 1 aliphatic rings. The van der Waals surface area contributed by atoms with Crippen LogP contribution in [0.15, 0.2) is 36.4 Å². The Hall–Kier alpha value is -3.22. The van der Waals surface area contributed by atoms with E-state index in [-0.39, 0.29) is 24.7 Å². The lowest BCUT2D eigenvalue weighted by atomic mass is 9.89. The van der Waals surface area contributed by atoms with Crippen LogP contribution in [0.4, 0.5) is 0 Å². The quantitative estimate of drug-likeness (QED) is 0.650. The van der Waals surface area contributed by atoms with Crippen LogP contribution in [0.1, 0.15) is 29.2 Å². The third kappa shape index (κ3) is 4.35. The smallest absolute Gasteiger partial charge is 0.307 e. The van der Waals surface area contributed by atoms with Crippen LogP contribution in [0.2, 0.25) is 0 Å². The molecule has 1 amide bonds. The van der Waals surface area contributed by atoms with E-state index in [0.29, 0.717) is 30.2 Å². The molecule has 160 valence electrons. The first-order chi connectivity index (χ1) is 14.5. The van der Waals surface area contributed by atoms with Gasteiger partial charge in [0.25, 0.3) is 0 Å². The summed E-state index contributed by atoms with van der Waals surface area (Å²) in [6.45, 7) is 0.498. The highest BCUT2D eigenvalue weighted by Crippen LogP contribution is 2.40. The number of nitrogens with zero attached hydrogens (tertiary/aromatic N) is 1. The van der Waals surface area contributed by atoms with Crippen LogP contribution in [0.3, 0.4) is 0 Å². The molecule has 0 spiro atoms. The maximum absolute atomic E-state index is 13.3. The molecule has 30 heavy (non-hydrogen) atoms. The first-order valence-electron chi connectivity index (χ1n) is 9.75. The summed E-state index contributed by atoms with van der Waals surface area (Å²) in [7, 11) is 6.08. The Balaban J connectivity index is 1.96. The molecule has 7 nitrogen and oxygen atoms in total. The molecule has 2 aromatic rings. The van der Waals surface area contributed by atoms with Crippen LogP contribution < -0.4 is 14.2 Å². The Morgan fingerprint density at radius 2 is 1.63 bits per heavy atom. The van der Waals surface area contributed by atoms with Crippen molar-refractivity contribution < 1.29 is 28.5 Å². The van der Waals surface area contributed by atoms with Crippen LogP contribution in [0.5, 0.6) is 17.2 Å². The standard InChI is InChI=1S/C23H27NO6/c1-27-19-8-6-5-7-16(19)12-22(25)24-10-9-15-11-20(28-2)21(29-3)13-17(15)18(24)14-23(26)30-4/h5-8,11,13,18H,9-10,12,14H2,1-4H3/t18-/m0/s1. The minimum atomic E-state index is -0.441. The topological polar surface area (TPSA) is 74.3 Å². The molecule has 0 bridgehead atoms. The maximum atomic E-state index is 13.3. The zero-order chi connectivity index (χ0) is 21.7. The van der Waals surface area contributed by atoms with Crippen LogP contribution in [-0.4, -0.2) is 51.8 Å². The van der Waals surface area contributed by atoms with Gasteiger partial charge in [-0.2, -0.15) is 0 Å². The Labute approximate surface area is 176 Å². The number of esters is 1. The lowest BCUT2D eigenvalue weighted by Gasteiger charge is -2.37. The number of carbonyl (C=O) groups is 2. The van der Waals surface area contributed by atoms with E-state index >= 15 is 0 Å². The Morgan fingerprint density at radius 1 is 0.967 bits per heavy atom. The number of para-hydroxylation sites is 1. The molecule has 1 atom stereocenters. The van der Waals surface area contributed by atoms with Crippen molar-refractivity contribution in [1.29, 1.82) is 0 Å². The number of benzene rings is 2. The highest BCUT2D eigenvalue weighted by Gasteiger charge is 2.34. The predicted molar refractivity (Wildman–Crippen MR) is 111 cm³/mol. The van der Waals surface area contributed by atoms with Crippen LogP contribution >= 0.6 is 0 Å². The number of methoxy groups -OCH3 is 4. The third-order valence-corrected chi connectivity index (χ3v) is 5.44. The van der Waals surface area contributed by atoms with Crippen molar-refractivity contribution in [2.24, 2.45) is 0 Å². The summed E-state index contributed by atoms with van der Waals surface area (Å²) in [5.41, 5.74) is 2.71. The Bertz CT molecular complexity index is 926. The van der Waals surface area contributed by atoms with E-state index in [9.17, 15) is 9.59 Å². The van der Waals surface area contributed by atoms with Gasteiger partial charge in [0.1, 0.15) is 5.75 Å². The molecule has 2 aromatic carbocycles. The first-order valence-corrected chi connectivity index (χ1v) is 9.75. The van der Waals surface area contributed by atoms with Gasteiger partial charge in [-0.25, -0.2) is 0 Å².